The van der Waals surface area contributed by atoms with Crippen LogP contribution in [0.15, 0.2) is 88.8 Å². The lowest BCUT2D eigenvalue weighted by molar-refractivity contribution is 0.628. The van der Waals surface area contributed by atoms with E-state index in [-0.39, 0.29) is 11.4 Å². The smallest absolute Gasteiger partial charge is 0.258 e. The second kappa shape index (κ2) is 9.88. The average Bonchev–Trinajstić information content (AvgIpc) is 3.24. The number of para-hydroxylation sites is 1. The summed E-state index contributed by atoms with van der Waals surface area (Å²) < 4.78 is 15.2. The summed E-state index contributed by atoms with van der Waals surface area (Å²) in [6.07, 6.45) is 0. The Kier molecular flexibility index (Phi) is 6.35. The Morgan fingerprint density at radius 3 is 2.53 bits per heavy atom. The number of halogens is 1. The molecule has 5 aromatic rings. The van der Waals surface area contributed by atoms with Crippen LogP contribution < -0.4 is 10.9 Å². The van der Waals surface area contributed by atoms with Gasteiger partial charge >= 0.3 is 0 Å². The average molecular weight is 473 g/mol. The summed E-state index contributed by atoms with van der Waals surface area (Å²) in [5.74, 6) is 1.49. The van der Waals surface area contributed by atoms with E-state index in [2.05, 4.69) is 25.5 Å². The lowest BCUT2D eigenvalue weighted by Crippen LogP contribution is -2.12. The van der Waals surface area contributed by atoms with Crippen LogP contribution in [0.3, 0.4) is 0 Å². The number of nitrogens with zero attached hydrogens (tertiary/aromatic N) is 4. The van der Waals surface area contributed by atoms with Gasteiger partial charge in [-0.3, -0.25) is 4.79 Å². The number of nitrogens with one attached hydrogen (secondary N) is 2. The van der Waals surface area contributed by atoms with Crippen LogP contribution in [0.4, 0.5) is 10.1 Å². The van der Waals surface area contributed by atoms with E-state index < -0.39 is 0 Å². The van der Waals surface area contributed by atoms with Gasteiger partial charge in [-0.1, -0.05) is 54.2 Å². The summed E-state index contributed by atoms with van der Waals surface area (Å²) in [6, 6.07) is 23.5. The molecule has 0 atom stereocenters. The van der Waals surface area contributed by atoms with Gasteiger partial charge in [0.2, 0.25) is 0 Å². The second-order valence-corrected chi connectivity index (χ2v) is 8.59. The van der Waals surface area contributed by atoms with Gasteiger partial charge in [-0.05, 0) is 42.0 Å². The monoisotopic (exact) mass is 472 g/mol. The van der Waals surface area contributed by atoms with Crippen LogP contribution in [0.25, 0.3) is 10.9 Å². The number of rotatable bonds is 8. The van der Waals surface area contributed by atoms with Crippen LogP contribution in [0.1, 0.15) is 17.2 Å². The molecule has 0 saturated carbocycles. The van der Waals surface area contributed by atoms with Crippen molar-refractivity contribution in [1.82, 2.24) is 24.7 Å². The lowest BCUT2D eigenvalue weighted by Gasteiger charge is -2.12. The third kappa shape index (κ3) is 4.99. The van der Waals surface area contributed by atoms with Crippen molar-refractivity contribution in [2.75, 3.05) is 5.32 Å². The van der Waals surface area contributed by atoms with Gasteiger partial charge in [0.15, 0.2) is 11.0 Å². The number of thioether (sulfide) groups is 1. The van der Waals surface area contributed by atoms with E-state index in [9.17, 15) is 9.18 Å². The molecule has 0 spiro atoms. The summed E-state index contributed by atoms with van der Waals surface area (Å²) in [7, 11) is 0. The number of aromatic amines is 1. The highest BCUT2D eigenvalue weighted by molar-refractivity contribution is 7.98. The summed E-state index contributed by atoms with van der Waals surface area (Å²) in [5, 5.41) is 13.3. The van der Waals surface area contributed by atoms with Gasteiger partial charge in [-0.25, -0.2) is 9.37 Å². The zero-order valence-corrected chi connectivity index (χ0v) is 18.9. The fourth-order valence-electron chi connectivity index (χ4n) is 3.57. The third-order valence-corrected chi connectivity index (χ3v) is 6.25. The summed E-state index contributed by atoms with van der Waals surface area (Å²) >= 11 is 1.46. The van der Waals surface area contributed by atoms with Gasteiger partial charge in [-0.2, -0.15) is 0 Å². The molecule has 2 heterocycles. The minimum atomic E-state index is -0.281. The Bertz CT molecular complexity index is 1470. The first-order chi connectivity index (χ1) is 16.7. The molecule has 170 valence electrons. The first-order valence-electron chi connectivity index (χ1n) is 10.7. The van der Waals surface area contributed by atoms with E-state index in [0.29, 0.717) is 35.6 Å². The normalized spacial score (nSPS) is 11.1. The van der Waals surface area contributed by atoms with Gasteiger partial charge in [0.25, 0.3) is 5.56 Å². The molecule has 0 unspecified atom stereocenters. The van der Waals surface area contributed by atoms with E-state index in [1.165, 1.54) is 23.9 Å². The van der Waals surface area contributed by atoms with Gasteiger partial charge in [0.05, 0.1) is 29.7 Å². The molecule has 7 nitrogen and oxygen atoms in total. The highest BCUT2D eigenvalue weighted by atomic mass is 32.2. The Morgan fingerprint density at radius 1 is 0.941 bits per heavy atom. The molecule has 0 radical (unpaired) electrons. The zero-order valence-electron chi connectivity index (χ0n) is 18.1. The first-order valence-corrected chi connectivity index (χ1v) is 11.7. The second-order valence-electron chi connectivity index (χ2n) is 7.65. The molecule has 0 aliphatic heterocycles. The van der Waals surface area contributed by atoms with Crippen LogP contribution in [-0.4, -0.2) is 24.7 Å². The van der Waals surface area contributed by atoms with Gasteiger partial charge < -0.3 is 14.9 Å². The van der Waals surface area contributed by atoms with Crippen molar-refractivity contribution >= 4 is 28.4 Å². The molecule has 2 N–H and O–H groups in total. The van der Waals surface area contributed by atoms with E-state index in [0.717, 1.165) is 22.2 Å². The van der Waals surface area contributed by atoms with Crippen molar-refractivity contribution in [3.8, 4) is 0 Å². The number of benzene rings is 3. The third-order valence-electron chi connectivity index (χ3n) is 5.27. The maximum absolute atomic E-state index is 13.2. The molecule has 34 heavy (non-hydrogen) atoms. The quantitative estimate of drug-likeness (QED) is 0.321. The molecule has 0 fully saturated rings. The molecule has 0 saturated heterocycles. The van der Waals surface area contributed by atoms with Crippen molar-refractivity contribution in [3.63, 3.8) is 0 Å². The SMILES string of the molecule is O=c1[nH]c(CSc2nnc(CNc3ccc(F)cc3)n2Cc2ccccc2)nc2ccccc12. The van der Waals surface area contributed by atoms with Crippen LogP contribution in [0.2, 0.25) is 0 Å². The molecular weight excluding hydrogens is 451 g/mol. The number of fused-ring (bicyclic) bond motifs is 1. The van der Waals surface area contributed by atoms with Gasteiger partial charge in [0, 0.05) is 5.69 Å². The maximum atomic E-state index is 13.2. The molecule has 0 amide bonds. The molecule has 9 heteroatoms. The molecule has 2 aromatic heterocycles. The minimum absolute atomic E-state index is 0.156. The summed E-state index contributed by atoms with van der Waals surface area (Å²) in [4.78, 5) is 19.8. The van der Waals surface area contributed by atoms with Crippen molar-refractivity contribution in [1.29, 1.82) is 0 Å². The van der Waals surface area contributed by atoms with Crippen molar-refractivity contribution in [3.05, 3.63) is 112 Å². The largest absolute Gasteiger partial charge is 0.378 e. The highest BCUT2D eigenvalue weighted by Crippen LogP contribution is 2.23. The Labute approximate surface area is 199 Å². The molecule has 0 bridgehead atoms. The van der Waals surface area contributed by atoms with Crippen LogP contribution in [0, 0.1) is 5.82 Å². The van der Waals surface area contributed by atoms with Crippen LogP contribution >= 0.6 is 11.8 Å². The fraction of sp³-hybridized carbons (Fsp3) is 0.120. The van der Waals surface area contributed by atoms with E-state index in [4.69, 9.17) is 0 Å². The standard InChI is InChI=1S/C25H21FN6OS/c26-18-10-12-19(13-11-18)27-14-23-30-31-25(32(23)15-17-6-2-1-3-7-17)34-16-22-28-21-9-5-4-8-20(21)24(33)29-22/h1-13,27H,14-16H2,(H,28,29,33). The Hall–Kier alpha value is -3.98. The molecule has 0 aliphatic rings. The topological polar surface area (TPSA) is 88.5 Å². The summed E-state index contributed by atoms with van der Waals surface area (Å²) in [6.45, 7) is 1.02. The predicted octanol–water partition coefficient (Wildman–Crippen LogP) is 4.61. The number of hydrogen-bond acceptors (Lipinski definition) is 6. The van der Waals surface area contributed by atoms with Crippen LogP contribution in [-0.2, 0) is 18.8 Å². The Morgan fingerprint density at radius 2 is 1.71 bits per heavy atom. The molecule has 0 aliphatic carbocycles. The first kappa shape index (κ1) is 21.8. The minimum Gasteiger partial charge on any atom is -0.378 e. The van der Waals surface area contributed by atoms with Crippen molar-refractivity contribution in [2.24, 2.45) is 0 Å². The maximum Gasteiger partial charge on any atom is 0.258 e. The van der Waals surface area contributed by atoms with Crippen LogP contribution in [0.5, 0.6) is 0 Å². The van der Waals surface area contributed by atoms with Crippen molar-refractivity contribution in [2.45, 2.75) is 24.0 Å². The van der Waals surface area contributed by atoms with Gasteiger partial charge in [-0.15, -0.1) is 10.2 Å². The van der Waals surface area contributed by atoms with Gasteiger partial charge in [0.1, 0.15) is 11.6 Å². The number of H-pyrrole nitrogens is 1. The van der Waals surface area contributed by atoms with E-state index in [1.807, 2.05) is 53.1 Å². The van der Waals surface area contributed by atoms with Crippen molar-refractivity contribution < 1.29 is 4.39 Å². The predicted molar refractivity (Wildman–Crippen MR) is 131 cm³/mol. The lowest BCUT2D eigenvalue weighted by atomic mass is 10.2. The fourth-order valence-corrected chi connectivity index (χ4v) is 4.39. The number of hydrogen-bond donors (Lipinski definition) is 2. The van der Waals surface area contributed by atoms with E-state index in [1.54, 1.807) is 18.2 Å². The highest BCUT2D eigenvalue weighted by Gasteiger charge is 2.14. The summed E-state index contributed by atoms with van der Waals surface area (Å²) in [5.41, 5.74) is 2.42. The zero-order chi connectivity index (χ0) is 23.3. The number of aromatic nitrogens is 5. The van der Waals surface area contributed by atoms with E-state index >= 15 is 0 Å². The molecular formula is C25H21FN6OS. The number of anilines is 1. The molecule has 3 aromatic carbocycles. The Balaban J connectivity index is 1.38. The molecule has 5 rings (SSSR count).